The van der Waals surface area contributed by atoms with E-state index in [-0.39, 0.29) is 0 Å². The Kier molecular flexibility index (Phi) is 4.16. The largest absolute Gasteiger partial charge is 0.317 e. The van der Waals surface area contributed by atoms with Gasteiger partial charge in [-0.05, 0) is 50.6 Å². The third-order valence-electron chi connectivity index (χ3n) is 5.43. The molecule has 1 saturated carbocycles. The lowest BCUT2D eigenvalue weighted by atomic mass is 9.81. The van der Waals surface area contributed by atoms with E-state index in [2.05, 4.69) is 29.0 Å². The van der Waals surface area contributed by atoms with Crippen LogP contribution in [0.4, 0.5) is 0 Å². The summed E-state index contributed by atoms with van der Waals surface area (Å²) in [4.78, 5) is 5.55. The molecular weight excluding hydrogens is 234 g/mol. The van der Waals surface area contributed by atoms with E-state index < -0.39 is 0 Å². The van der Waals surface area contributed by atoms with Crippen LogP contribution in [0.1, 0.15) is 39.5 Å². The second kappa shape index (κ2) is 5.71. The van der Waals surface area contributed by atoms with Crippen molar-refractivity contribution >= 4 is 0 Å². The molecule has 19 heavy (non-hydrogen) atoms. The molecule has 1 N–H and O–H groups in total. The topological polar surface area (TPSA) is 18.5 Å². The van der Waals surface area contributed by atoms with Crippen LogP contribution in [0.2, 0.25) is 0 Å². The zero-order valence-electron chi connectivity index (χ0n) is 12.8. The first kappa shape index (κ1) is 13.8. The molecule has 110 valence electrons. The molecule has 3 heteroatoms. The number of nitrogens with one attached hydrogen (secondary N) is 1. The normalized spacial score (nSPS) is 29.8. The average molecular weight is 265 g/mol. The highest BCUT2D eigenvalue weighted by molar-refractivity contribution is 5.05. The lowest BCUT2D eigenvalue weighted by Gasteiger charge is -2.50. The molecule has 2 aliphatic heterocycles. The summed E-state index contributed by atoms with van der Waals surface area (Å²) in [6.45, 7) is 13.6. The average Bonchev–Trinajstić information content (AvgIpc) is 3.24. The minimum atomic E-state index is 0.579. The molecule has 0 spiro atoms. The molecule has 1 aliphatic carbocycles. The maximum Gasteiger partial charge on any atom is 0.0262 e. The van der Waals surface area contributed by atoms with Crippen LogP contribution in [-0.4, -0.2) is 61.2 Å². The third-order valence-corrected chi connectivity index (χ3v) is 5.43. The maximum absolute atomic E-state index is 3.56. The van der Waals surface area contributed by atoms with Gasteiger partial charge in [-0.25, -0.2) is 0 Å². The fourth-order valence-electron chi connectivity index (χ4n) is 4.36. The van der Waals surface area contributed by atoms with Gasteiger partial charge >= 0.3 is 0 Å². The van der Waals surface area contributed by atoms with Gasteiger partial charge in [-0.15, -0.1) is 0 Å². The Bertz CT molecular complexity index is 284. The van der Waals surface area contributed by atoms with Gasteiger partial charge in [0, 0.05) is 38.3 Å². The van der Waals surface area contributed by atoms with Crippen LogP contribution >= 0.6 is 0 Å². The van der Waals surface area contributed by atoms with Crippen LogP contribution in [0.5, 0.6) is 0 Å². The lowest BCUT2D eigenvalue weighted by Crippen LogP contribution is -2.61. The van der Waals surface area contributed by atoms with Gasteiger partial charge in [0.1, 0.15) is 0 Å². The van der Waals surface area contributed by atoms with Gasteiger partial charge in [0.2, 0.25) is 0 Å². The predicted octanol–water partition coefficient (Wildman–Crippen LogP) is 1.79. The highest BCUT2D eigenvalue weighted by atomic mass is 15.3. The van der Waals surface area contributed by atoms with Crippen LogP contribution in [-0.2, 0) is 0 Å². The molecule has 0 bridgehead atoms. The zero-order chi connectivity index (χ0) is 13.3. The molecule has 0 aromatic carbocycles. The van der Waals surface area contributed by atoms with E-state index in [1.165, 1.54) is 71.5 Å². The van der Waals surface area contributed by atoms with E-state index in [1.807, 2.05) is 0 Å². The molecule has 0 unspecified atom stereocenters. The summed E-state index contributed by atoms with van der Waals surface area (Å²) in [5.74, 6) is 1.83. The number of hydrogen-bond acceptors (Lipinski definition) is 3. The molecule has 0 amide bonds. The third kappa shape index (κ3) is 2.98. The molecule has 2 saturated heterocycles. The molecule has 0 atom stereocenters. The van der Waals surface area contributed by atoms with Crippen LogP contribution in [0.15, 0.2) is 0 Å². The smallest absolute Gasteiger partial charge is 0.0262 e. The summed E-state index contributed by atoms with van der Waals surface area (Å²) in [5.41, 5.74) is 0.579. The van der Waals surface area contributed by atoms with Gasteiger partial charge in [0.15, 0.2) is 0 Å². The summed E-state index contributed by atoms with van der Waals surface area (Å²) in [6, 6.07) is 0. The molecule has 0 aromatic rings. The van der Waals surface area contributed by atoms with E-state index in [4.69, 9.17) is 0 Å². The quantitative estimate of drug-likeness (QED) is 0.836. The molecule has 3 rings (SSSR count). The van der Waals surface area contributed by atoms with Gasteiger partial charge in [0.05, 0.1) is 0 Å². The molecule has 0 aromatic heterocycles. The van der Waals surface area contributed by atoms with E-state index in [9.17, 15) is 0 Å². The highest BCUT2D eigenvalue weighted by Gasteiger charge is 2.49. The van der Waals surface area contributed by atoms with Crippen molar-refractivity contribution in [3.63, 3.8) is 0 Å². The molecule has 3 nitrogen and oxygen atoms in total. The molecule has 3 aliphatic rings. The Morgan fingerprint density at radius 2 is 1.68 bits per heavy atom. The van der Waals surface area contributed by atoms with E-state index >= 15 is 0 Å². The van der Waals surface area contributed by atoms with Crippen LogP contribution in [0, 0.1) is 11.8 Å². The number of nitrogens with zero attached hydrogens (tertiary/aromatic N) is 2. The molecule has 3 fully saturated rings. The lowest BCUT2D eigenvalue weighted by molar-refractivity contribution is -0.00498. The summed E-state index contributed by atoms with van der Waals surface area (Å²) < 4.78 is 0. The fourth-order valence-corrected chi connectivity index (χ4v) is 4.36. The highest BCUT2D eigenvalue weighted by Crippen LogP contribution is 2.48. The van der Waals surface area contributed by atoms with Crippen molar-refractivity contribution in [2.75, 3.05) is 45.8 Å². The van der Waals surface area contributed by atoms with Crippen LogP contribution < -0.4 is 5.32 Å². The maximum atomic E-state index is 3.56. The van der Waals surface area contributed by atoms with Gasteiger partial charge in [-0.1, -0.05) is 13.8 Å². The number of hydrogen-bond donors (Lipinski definition) is 1. The first-order valence-corrected chi connectivity index (χ1v) is 8.39. The Morgan fingerprint density at radius 1 is 1.05 bits per heavy atom. The van der Waals surface area contributed by atoms with Gasteiger partial charge in [-0.2, -0.15) is 0 Å². The predicted molar refractivity (Wildman–Crippen MR) is 80.4 cm³/mol. The van der Waals surface area contributed by atoms with Crippen molar-refractivity contribution in [3.8, 4) is 0 Å². The zero-order valence-corrected chi connectivity index (χ0v) is 12.8. The van der Waals surface area contributed by atoms with Crippen molar-refractivity contribution in [2.24, 2.45) is 11.8 Å². The molecule has 2 heterocycles. The minimum Gasteiger partial charge on any atom is -0.317 e. The summed E-state index contributed by atoms with van der Waals surface area (Å²) in [5, 5.41) is 3.56. The SMILES string of the molecule is CC(C)CN1CCN(C2(C3CC3)CCNCC2)CC1. The minimum absolute atomic E-state index is 0.579. The van der Waals surface area contributed by atoms with Crippen molar-refractivity contribution in [2.45, 2.75) is 45.1 Å². The van der Waals surface area contributed by atoms with Crippen molar-refractivity contribution in [1.29, 1.82) is 0 Å². The van der Waals surface area contributed by atoms with Gasteiger partial charge in [0.25, 0.3) is 0 Å². The van der Waals surface area contributed by atoms with E-state index in [0.717, 1.165) is 11.8 Å². The monoisotopic (exact) mass is 265 g/mol. The fraction of sp³-hybridized carbons (Fsp3) is 1.00. The van der Waals surface area contributed by atoms with Crippen molar-refractivity contribution < 1.29 is 0 Å². The second-order valence-corrected chi connectivity index (χ2v) is 7.31. The summed E-state index contributed by atoms with van der Waals surface area (Å²) in [6.07, 6.45) is 5.77. The summed E-state index contributed by atoms with van der Waals surface area (Å²) in [7, 11) is 0. The van der Waals surface area contributed by atoms with Crippen LogP contribution in [0.3, 0.4) is 0 Å². The number of piperidine rings is 1. The number of rotatable bonds is 4. The molecular formula is C16H31N3. The van der Waals surface area contributed by atoms with Crippen molar-refractivity contribution in [1.82, 2.24) is 15.1 Å². The summed E-state index contributed by atoms with van der Waals surface area (Å²) >= 11 is 0. The van der Waals surface area contributed by atoms with Crippen molar-refractivity contribution in [3.05, 3.63) is 0 Å². The Morgan fingerprint density at radius 3 is 2.21 bits per heavy atom. The Hall–Kier alpha value is -0.120. The second-order valence-electron chi connectivity index (χ2n) is 7.31. The van der Waals surface area contributed by atoms with Gasteiger partial charge in [-0.3, -0.25) is 4.90 Å². The first-order chi connectivity index (χ1) is 9.21. The number of piperazine rings is 1. The van der Waals surface area contributed by atoms with Gasteiger partial charge < -0.3 is 10.2 Å². The Balaban J connectivity index is 1.59. The standard InChI is InChI=1S/C16H31N3/c1-14(2)13-18-9-11-19(12-10-18)16(15-3-4-15)5-7-17-8-6-16/h14-15,17H,3-13H2,1-2H3. The van der Waals surface area contributed by atoms with E-state index in [0.29, 0.717) is 5.54 Å². The first-order valence-electron chi connectivity index (χ1n) is 8.39. The van der Waals surface area contributed by atoms with Crippen LogP contribution in [0.25, 0.3) is 0 Å². The Labute approximate surface area is 118 Å². The van der Waals surface area contributed by atoms with E-state index in [1.54, 1.807) is 0 Å². The molecule has 0 radical (unpaired) electrons.